The van der Waals surface area contributed by atoms with Gasteiger partial charge in [-0.3, -0.25) is 4.98 Å². The van der Waals surface area contributed by atoms with Gasteiger partial charge in [0.2, 0.25) is 0 Å². The summed E-state index contributed by atoms with van der Waals surface area (Å²) in [5, 5.41) is 26.3. The zero-order valence-corrected chi connectivity index (χ0v) is 17.9. The molecule has 1 heterocycles. The number of hydrogen-bond donors (Lipinski definition) is 0. The van der Waals surface area contributed by atoms with Crippen LogP contribution in [0.2, 0.25) is 0 Å². The van der Waals surface area contributed by atoms with Gasteiger partial charge in [-0.25, -0.2) is 0 Å². The Morgan fingerprint density at radius 3 is 2.03 bits per heavy atom. The number of aryl methyl sites for hydroxylation is 1. The van der Waals surface area contributed by atoms with Crippen molar-refractivity contribution in [3.05, 3.63) is 102 Å². The molecule has 0 saturated carbocycles. The summed E-state index contributed by atoms with van der Waals surface area (Å²) in [4.78, 5) is 4.84. The first-order valence-electron chi connectivity index (χ1n) is 10.8. The SMILES string of the molecule is Cc1nc(-c2ccc3ccc4cccc5ccc2c3c45)cc(-c2ccc(C#N)cc2)c1C#N. The van der Waals surface area contributed by atoms with Crippen molar-refractivity contribution in [2.24, 2.45) is 0 Å². The van der Waals surface area contributed by atoms with Crippen molar-refractivity contribution in [1.29, 1.82) is 10.5 Å². The van der Waals surface area contributed by atoms with Gasteiger partial charge in [0, 0.05) is 11.1 Å². The number of rotatable bonds is 2. The molecule has 6 rings (SSSR count). The fourth-order valence-corrected chi connectivity index (χ4v) is 4.86. The molecule has 0 radical (unpaired) electrons. The van der Waals surface area contributed by atoms with Crippen molar-refractivity contribution < 1.29 is 0 Å². The molecule has 0 unspecified atom stereocenters. The van der Waals surface area contributed by atoms with Crippen molar-refractivity contribution >= 4 is 32.3 Å². The van der Waals surface area contributed by atoms with Crippen LogP contribution in [0.1, 0.15) is 16.8 Å². The topological polar surface area (TPSA) is 60.5 Å². The lowest BCUT2D eigenvalue weighted by Gasteiger charge is -2.15. The number of pyridine rings is 1. The summed E-state index contributed by atoms with van der Waals surface area (Å²) in [5.74, 6) is 0. The summed E-state index contributed by atoms with van der Waals surface area (Å²) in [7, 11) is 0. The van der Waals surface area contributed by atoms with Crippen molar-refractivity contribution in [2.75, 3.05) is 0 Å². The predicted molar refractivity (Wildman–Crippen MR) is 133 cm³/mol. The van der Waals surface area contributed by atoms with Crippen LogP contribution in [0.25, 0.3) is 54.7 Å². The Kier molecular flexibility index (Phi) is 4.12. The lowest BCUT2D eigenvalue weighted by Crippen LogP contribution is -1.97. The largest absolute Gasteiger partial charge is 0.252 e. The molecule has 1 aromatic heterocycles. The number of nitrogens with zero attached hydrogens (tertiary/aromatic N) is 3. The molecule has 0 aliphatic rings. The van der Waals surface area contributed by atoms with Gasteiger partial charge in [-0.15, -0.1) is 0 Å². The minimum atomic E-state index is 0.557. The molecule has 6 aromatic rings. The van der Waals surface area contributed by atoms with Crippen molar-refractivity contribution in [1.82, 2.24) is 4.98 Å². The summed E-state index contributed by atoms with van der Waals surface area (Å²) in [6, 6.07) is 33.2. The minimum Gasteiger partial charge on any atom is -0.252 e. The van der Waals surface area contributed by atoms with Gasteiger partial charge >= 0.3 is 0 Å². The van der Waals surface area contributed by atoms with Crippen molar-refractivity contribution in [3.63, 3.8) is 0 Å². The van der Waals surface area contributed by atoms with Crippen LogP contribution in [-0.2, 0) is 0 Å². The highest BCUT2D eigenvalue weighted by molar-refractivity contribution is 6.25. The third-order valence-electron chi connectivity index (χ3n) is 6.44. The number of benzene rings is 5. The highest BCUT2D eigenvalue weighted by Crippen LogP contribution is 2.40. The monoisotopic (exact) mass is 419 g/mol. The molecular formula is C30H17N3. The van der Waals surface area contributed by atoms with E-state index in [0.29, 0.717) is 16.8 Å². The van der Waals surface area contributed by atoms with E-state index in [2.05, 4.69) is 66.7 Å². The van der Waals surface area contributed by atoms with E-state index in [0.717, 1.165) is 27.8 Å². The fourth-order valence-electron chi connectivity index (χ4n) is 4.86. The van der Waals surface area contributed by atoms with E-state index in [1.54, 1.807) is 12.1 Å². The van der Waals surface area contributed by atoms with Crippen LogP contribution < -0.4 is 0 Å². The zero-order chi connectivity index (χ0) is 22.5. The maximum atomic E-state index is 9.84. The number of aromatic nitrogens is 1. The smallest absolute Gasteiger partial charge is 0.102 e. The summed E-state index contributed by atoms with van der Waals surface area (Å²) >= 11 is 0. The Morgan fingerprint density at radius 1 is 0.667 bits per heavy atom. The molecule has 0 amide bonds. The molecular weight excluding hydrogens is 402 g/mol. The maximum absolute atomic E-state index is 9.84. The molecule has 0 saturated heterocycles. The third-order valence-corrected chi connectivity index (χ3v) is 6.44. The minimum absolute atomic E-state index is 0.557. The zero-order valence-electron chi connectivity index (χ0n) is 17.9. The lowest BCUT2D eigenvalue weighted by molar-refractivity contribution is 1.19. The van der Waals surface area contributed by atoms with Crippen molar-refractivity contribution in [3.8, 4) is 34.5 Å². The van der Waals surface area contributed by atoms with E-state index < -0.39 is 0 Å². The molecule has 0 bridgehead atoms. The van der Waals surface area contributed by atoms with E-state index in [1.165, 1.54) is 26.9 Å². The Hall–Kier alpha value is -4.73. The molecule has 0 atom stereocenters. The van der Waals surface area contributed by atoms with Crippen LogP contribution in [0.5, 0.6) is 0 Å². The molecule has 0 N–H and O–H groups in total. The second-order valence-electron chi connectivity index (χ2n) is 8.29. The van der Waals surface area contributed by atoms with E-state index in [4.69, 9.17) is 10.2 Å². The van der Waals surface area contributed by atoms with Crippen LogP contribution in [0.4, 0.5) is 0 Å². The second-order valence-corrected chi connectivity index (χ2v) is 8.29. The van der Waals surface area contributed by atoms with Crippen LogP contribution in [0.3, 0.4) is 0 Å². The average Bonchev–Trinajstić information content (AvgIpc) is 2.87. The first kappa shape index (κ1) is 19.0. The van der Waals surface area contributed by atoms with Crippen LogP contribution in [0.15, 0.2) is 84.9 Å². The standard InChI is InChI=1S/C30H17N3/c1-18-27(17-32)26(20-7-5-19(16-31)6-8-20)15-28(33-18)24-13-11-23-10-9-21-3-2-4-22-12-14-25(24)30(23)29(21)22/h2-15H,1H3. The van der Waals surface area contributed by atoms with E-state index >= 15 is 0 Å². The van der Waals surface area contributed by atoms with Gasteiger partial charge in [0.15, 0.2) is 0 Å². The lowest BCUT2D eigenvalue weighted by atomic mass is 9.90. The molecule has 0 aliphatic carbocycles. The fraction of sp³-hybridized carbons (Fsp3) is 0.0333. The molecule has 0 aliphatic heterocycles. The first-order chi connectivity index (χ1) is 16.2. The molecule has 33 heavy (non-hydrogen) atoms. The summed E-state index contributed by atoms with van der Waals surface area (Å²) < 4.78 is 0. The Morgan fingerprint density at radius 2 is 1.33 bits per heavy atom. The first-order valence-corrected chi connectivity index (χ1v) is 10.8. The van der Waals surface area contributed by atoms with Crippen molar-refractivity contribution in [2.45, 2.75) is 6.92 Å². The summed E-state index contributed by atoms with van der Waals surface area (Å²) in [6.07, 6.45) is 0. The van der Waals surface area contributed by atoms with Crippen LogP contribution >= 0.6 is 0 Å². The number of hydrogen-bond acceptors (Lipinski definition) is 3. The average molecular weight is 419 g/mol. The van der Waals surface area contributed by atoms with Gasteiger partial charge < -0.3 is 0 Å². The summed E-state index contributed by atoms with van der Waals surface area (Å²) in [5.41, 5.74) is 5.45. The molecule has 3 heteroatoms. The Bertz CT molecular complexity index is 1770. The quantitative estimate of drug-likeness (QED) is 0.275. The van der Waals surface area contributed by atoms with E-state index in [1.807, 2.05) is 25.1 Å². The third kappa shape index (κ3) is 2.84. The molecule has 152 valence electrons. The highest BCUT2D eigenvalue weighted by atomic mass is 14.7. The predicted octanol–water partition coefficient (Wildman–Crippen LogP) is 7.36. The number of nitriles is 2. The molecule has 0 fully saturated rings. The van der Waals surface area contributed by atoms with E-state index in [9.17, 15) is 5.26 Å². The van der Waals surface area contributed by atoms with Gasteiger partial charge in [0.25, 0.3) is 0 Å². The Balaban J connectivity index is 1.65. The highest BCUT2D eigenvalue weighted by Gasteiger charge is 2.16. The van der Waals surface area contributed by atoms with Gasteiger partial charge in [-0.05, 0) is 63.0 Å². The molecule has 5 aromatic carbocycles. The van der Waals surface area contributed by atoms with Gasteiger partial charge in [0.1, 0.15) is 6.07 Å². The normalized spacial score (nSPS) is 11.1. The second kappa shape index (κ2) is 7.16. The van der Waals surface area contributed by atoms with Gasteiger partial charge in [-0.1, -0.05) is 66.7 Å². The van der Waals surface area contributed by atoms with E-state index in [-0.39, 0.29) is 0 Å². The van der Waals surface area contributed by atoms with Crippen LogP contribution in [-0.4, -0.2) is 4.98 Å². The van der Waals surface area contributed by atoms with Crippen LogP contribution in [0, 0.1) is 29.6 Å². The summed E-state index contributed by atoms with van der Waals surface area (Å²) in [6.45, 7) is 1.88. The maximum Gasteiger partial charge on any atom is 0.102 e. The Labute approximate surface area is 191 Å². The molecule has 0 spiro atoms. The molecule has 3 nitrogen and oxygen atoms in total. The van der Waals surface area contributed by atoms with Gasteiger partial charge in [0.05, 0.1) is 28.6 Å². The van der Waals surface area contributed by atoms with Gasteiger partial charge in [-0.2, -0.15) is 10.5 Å².